The monoisotopic (exact) mass is 236 g/mol. The third-order valence-corrected chi connectivity index (χ3v) is 2.63. The number of benzene rings is 1. The molecule has 3 nitrogen and oxygen atoms in total. The van der Waals surface area contributed by atoms with Crippen LogP contribution in [0.5, 0.6) is 5.75 Å². The minimum absolute atomic E-state index is 0.0564. The molecule has 1 rings (SSSR count). The Morgan fingerprint density at radius 1 is 1.24 bits per heavy atom. The Morgan fingerprint density at radius 2 is 1.88 bits per heavy atom. The summed E-state index contributed by atoms with van der Waals surface area (Å²) in [4.78, 5) is 10.5. The molecule has 0 saturated carbocycles. The lowest BCUT2D eigenvalue weighted by atomic mass is 10.1. The highest BCUT2D eigenvalue weighted by Crippen LogP contribution is 2.14. The maximum atomic E-state index is 10.5. The molecule has 0 aliphatic rings. The van der Waals surface area contributed by atoms with E-state index in [4.69, 9.17) is 9.47 Å². The van der Waals surface area contributed by atoms with Gasteiger partial charge in [-0.2, -0.15) is 0 Å². The van der Waals surface area contributed by atoms with Crippen molar-refractivity contribution in [3.8, 4) is 5.75 Å². The molecule has 0 fully saturated rings. The van der Waals surface area contributed by atoms with Gasteiger partial charge in [0.2, 0.25) is 0 Å². The Balaban J connectivity index is 2.36. The summed E-state index contributed by atoms with van der Waals surface area (Å²) in [5.74, 6) is 0.900. The molecule has 3 heteroatoms. The van der Waals surface area contributed by atoms with E-state index < -0.39 is 0 Å². The van der Waals surface area contributed by atoms with Gasteiger partial charge in [0.15, 0.2) is 0 Å². The first kappa shape index (κ1) is 13.7. The molecule has 94 valence electrons. The molecule has 0 heterocycles. The Kier molecular flexibility index (Phi) is 5.70. The summed E-state index contributed by atoms with van der Waals surface area (Å²) < 4.78 is 10.8. The molecular formula is C14H20O3. The number of aldehydes is 1. The molecule has 2 atom stereocenters. The topological polar surface area (TPSA) is 35.5 Å². The summed E-state index contributed by atoms with van der Waals surface area (Å²) in [6.45, 7) is 4.46. The van der Waals surface area contributed by atoms with Crippen molar-refractivity contribution in [3.63, 3.8) is 0 Å². The second-order valence-corrected chi connectivity index (χ2v) is 4.32. The Hall–Kier alpha value is -1.35. The van der Waals surface area contributed by atoms with Crippen LogP contribution >= 0.6 is 0 Å². The zero-order valence-electron chi connectivity index (χ0n) is 10.7. The Labute approximate surface area is 103 Å². The van der Waals surface area contributed by atoms with Crippen LogP contribution in [0.25, 0.3) is 0 Å². The molecule has 0 bridgehead atoms. The quantitative estimate of drug-likeness (QED) is 0.683. The molecule has 0 unspecified atom stereocenters. The molecule has 0 radical (unpaired) electrons. The van der Waals surface area contributed by atoms with Gasteiger partial charge in [0.05, 0.1) is 19.8 Å². The van der Waals surface area contributed by atoms with E-state index >= 15 is 0 Å². The lowest BCUT2D eigenvalue weighted by Gasteiger charge is -2.14. The van der Waals surface area contributed by atoms with E-state index in [9.17, 15) is 4.79 Å². The maximum Gasteiger partial charge on any atom is 0.122 e. The predicted octanol–water partition coefficient (Wildman–Crippen LogP) is 2.83. The number of hydrogen-bond acceptors (Lipinski definition) is 3. The lowest BCUT2D eigenvalue weighted by molar-refractivity contribution is -0.111. The zero-order valence-corrected chi connectivity index (χ0v) is 10.7. The third-order valence-electron chi connectivity index (χ3n) is 2.63. The summed E-state index contributed by atoms with van der Waals surface area (Å²) in [7, 11) is 1.65. The maximum absolute atomic E-state index is 10.5. The van der Waals surface area contributed by atoms with Crippen molar-refractivity contribution in [2.45, 2.75) is 33.0 Å². The summed E-state index contributed by atoms with van der Waals surface area (Å²) in [6, 6.07) is 7.79. The first-order valence-electron chi connectivity index (χ1n) is 5.85. The zero-order chi connectivity index (χ0) is 12.7. The van der Waals surface area contributed by atoms with E-state index in [1.54, 1.807) is 7.11 Å². The van der Waals surface area contributed by atoms with E-state index in [2.05, 4.69) is 0 Å². The summed E-state index contributed by atoms with van der Waals surface area (Å²) >= 11 is 0. The molecule has 1 aromatic rings. The average molecular weight is 236 g/mol. The van der Waals surface area contributed by atoms with Crippen molar-refractivity contribution in [2.75, 3.05) is 7.11 Å². The molecule has 0 aliphatic heterocycles. The highest BCUT2D eigenvalue weighted by molar-refractivity contribution is 5.52. The molecule has 1 aromatic carbocycles. The van der Waals surface area contributed by atoms with Crippen LogP contribution in [0.3, 0.4) is 0 Å². The Morgan fingerprint density at radius 3 is 2.41 bits per heavy atom. The van der Waals surface area contributed by atoms with E-state index in [0.29, 0.717) is 6.61 Å². The normalized spacial score (nSPS) is 14.1. The highest BCUT2D eigenvalue weighted by atomic mass is 16.5. The number of hydrogen-bond donors (Lipinski definition) is 0. The van der Waals surface area contributed by atoms with Crippen molar-refractivity contribution < 1.29 is 14.3 Å². The van der Waals surface area contributed by atoms with E-state index in [0.717, 1.165) is 24.0 Å². The van der Waals surface area contributed by atoms with Crippen LogP contribution in [0, 0.1) is 5.92 Å². The van der Waals surface area contributed by atoms with Gasteiger partial charge in [-0.15, -0.1) is 0 Å². The molecule has 0 N–H and O–H groups in total. The smallest absolute Gasteiger partial charge is 0.122 e. The number of ether oxygens (including phenoxy) is 2. The van der Waals surface area contributed by atoms with Crippen LogP contribution in [-0.4, -0.2) is 19.5 Å². The summed E-state index contributed by atoms with van der Waals surface area (Å²) in [6.07, 6.45) is 1.82. The first-order valence-corrected chi connectivity index (χ1v) is 5.85. The van der Waals surface area contributed by atoms with Gasteiger partial charge in [-0.05, 0) is 31.0 Å². The van der Waals surface area contributed by atoms with Crippen molar-refractivity contribution in [2.24, 2.45) is 5.92 Å². The minimum Gasteiger partial charge on any atom is -0.497 e. The fraction of sp³-hybridized carbons (Fsp3) is 0.500. The highest BCUT2D eigenvalue weighted by Gasteiger charge is 2.08. The minimum atomic E-state index is 0.0564. The molecule has 0 aliphatic carbocycles. The summed E-state index contributed by atoms with van der Waals surface area (Å²) in [5, 5.41) is 0. The SMILES string of the molecule is COc1ccc(CO[C@@H](C)C[C@@H](C)C=O)cc1. The van der Waals surface area contributed by atoms with Gasteiger partial charge in [-0.25, -0.2) is 0 Å². The van der Waals surface area contributed by atoms with Crippen molar-refractivity contribution in [1.82, 2.24) is 0 Å². The van der Waals surface area contributed by atoms with Gasteiger partial charge in [0.25, 0.3) is 0 Å². The molecule has 0 spiro atoms. The number of rotatable bonds is 7. The van der Waals surface area contributed by atoms with Crippen molar-refractivity contribution in [1.29, 1.82) is 0 Å². The Bertz CT molecular complexity index is 332. The fourth-order valence-corrected chi connectivity index (χ4v) is 1.61. The molecule has 17 heavy (non-hydrogen) atoms. The first-order chi connectivity index (χ1) is 8.15. The number of methoxy groups -OCH3 is 1. The third kappa shape index (κ3) is 5.00. The second kappa shape index (κ2) is 7.07. The van der Waals surface area contributed by atoms with Gasteiger partial charge < -0.3 is 14.3 Å². The summed E-state index contributed by atoms with van der Waals surface area (Å²) in [5.41, 5.74) is 1.11. The second-order valence-electron chi connectivity index (χ2n) is 4.32. The van der Waals surface area contributed by atoms with E-state index in [1.165, 1.54) is 0 Å². The average Bonchev–Trinajstić information content (AvgIpc) is 2.36. The van der Waals surface area contributed by atoms with Crippen LogP contribution in [-0.2, 0) is 16.1 Å². The van der Waals surface area contributed by atoms with Crippen molar-refractivity contribution >= 4 is 6.29 Å². The van der Waals surface area contributed by atoms with Gasteiger partial charge in [-0.1, -0.05) is 19.1 Å². The molecular weight excluding hydrogens is 216 g/mol. The van der Waals surface area contributed by atoms with Crippen LogP contribution in [0.1, 0.15) is 25.8 Å². The number of carbonyl (C=O) groups excluding carboxylic acids is 1. The predicted molar refractivity (Wildman–Crippen MR) is 67.1 cm³/mol. The van der Waals surface area contributed by atoms with Gasteiger partial charge >= 0.3 is 0 Å². The molecule has 0 aromatic heterocycles. The van der Waals surface area contributed by atoms with Gasteiger partial charge in [0.1, 0.15) is 12.0 Å². The largest absolute Gasteiger partial charge is 0.497 e. The van der Waals surface area contributed by atoms with Crippen LogP contribution in [0.2, 0.25) is 0 Å². The van der Waals surface area contributed by atoms with E-state index in [1.807, 2.05) is 38.1 Å². The van der Waals surface area contributed by atoms with Crippen molar-refractivity contribution in [3.05, 3.63) is 29.8 Å². The van der Waals surface area contributed by atoms with E-state index in [-0.39, 0.29) is 12.0 Å². The van der Waals surface area contributed by atoms with Crippen LogP contribution in [0.15, 0.2) is 24.3 Å². The standard InChI is InChI=1S/C14H20O3/c1-11(9-15)8-12(2)17-10-13-4-6-14(16-3)7-5-13/h4-7,9,11-12H,8,10H2,1-3H3/t11-,12+/m1/s1. The molecule has 0 amide bonds. The van der Waals surface area contributed by atoms with Crippen LogP contribution in [0.4, 0.5) is 0 Å². The van der Waals surface area contributed by atoms with Crippen LogP contribution < -0.4 is 4.74 Å². The fourth-order valence-electron chi connectivity index (χ4n) is 1.61. The van der Waals surface area contributed by atoms with Gasteiger partial charge in [0, 0.05) is 5.92 Å². The lowest BCUT2D eigenvalue weighted by Crippen LogP contribution is -2.13. The molecule has 0 saturated heterocycles. The van der Waals surface area contributed by atoms with Gasteiger partial charge in [-0.3, -0.25) is 0 Å². The number of carbonyl (C=O) groups is 1.